The average molecular weight is 294 g/mol. The Morgan fingerprint density at radius 1 is 1.24 bits per heavy atom. The molecule has 0 aromatic carbocycles. The maximum atomic E-state index is 12.7. The van der Waals surface area contributed by atoms with Crippen LogP contribution in [-0.4, -0.2) is 24.6 Å². The van der Waals surface area contributed by atoms with E-state index in [2.05, 4.69) is 15.0 Å². The summed E-state index contributed by atoms with van der Waals surface area (Å²) in [6, 6.07) is 3.85. The summed E-state index contributed by atoms with van der Waals surface area (Å²) in [6.07, 6.45) is -1.96. The van der Waals surface area contributed by atoms with E-state index in [9.17, 15) is 18.3 Å². The molecule has 3 aromatic heterocycles. The summed E-state index contributed by atoms with van der Waals surface area (Å²) in [5, 5.41) is 9.79. The molecule has 1 N–H and O–H groups in total. The highest BCUT2D eigenvalue weighted by Crippen LogP contribution is 2.32. The van der Waals surface area contributed by atoms with Gasteiger partial charge >= 0.3 is 6.18 Å². The first-order chi connectivity index (χ1) is 9.88. The summed E-state index contributed by atoms with van der Waals surface area (Å²) in [7, 11) is 1.62. The molecule has 3 heterocycles. The minimum Gasteiger partial charge on any atom is -0.506 e. The summed E-state index contributed by atoms with van der Waals surface area (Å²) in [5.74, 6) is 0.170. The summed E-state index contributed by atoms with van der Waals surface area (Å²) >= 11 is 0. The van der Waals surface area contributed by atoms with Crippen molar-refractivity contribution in [2.24, 2.45) is 7.05 Å². The van der Waals surface area contributed by atoms with Gasteiger partial charge in [-0.05, 0) is 18.2 Å². The molecule has 0 bridgehead atoms. The first-order valence-corrected chi connectivity index (χ1v) is 5.92. The van der Waals surface area contributed by atoms with Gasteiger partial charge in [-0.25, -0.2) is 15.0 Å². The zero-order chi connectivity index (χ0) is 15.2. The van der Waals surface area contributed by atoms with Crippen LogP contribution in [0.15, 0.2) is 30.6 Å². The van der Waals surface area contributed by atoms with Gasteiger partial charge in [0.15, 0.2) is 5.82 Å². The number of aromatic nitrogens is 4. The third-order valence-corrected chi connectivity index (χ3v) is 3.06. The molecule has 0 atom stereocenters. The smallest absolute Gasteiger partial charge is 0.433 e. The first kappa shape index (κ1) is 13.3. The zero-order valence-corrected chi connectivity index (χ0v) is 10.8. The van der Waals surface area contributed by atoms with Crippen molar-refractivity contribution in [1.82, 2.24) is 19.5 Å². The maximum absolute atomic E-state index is 12.7. The molecule has 0 amide bonds. The topological polar surface area (TPSA) is 63.8 Å². The Kier molecular flexibility index (Phi) is 2.82. The molecular formula is C13H9F3N4O. The minimum absolute atomic E-state index is 0.0973. The lowest BCUT2D eigenvalue weighted by atomic mass is 10.3. The van der Waals surface area contributed by atoms with E-state index in [0.717, 1.165) is 12.3 Å². The Labute approximate surface area is 116 Å². The number of halogens is 3. The molecule has 0 aliphatic rings. The lowest BCUT2D eigenvalue weighted by Gasteiger charge is -2.05. The normalized spacial score (nSPS) is 12.0. The number of nitrogens with zero attached hydrogens (tertiary/aromatic N) is 4. The number of imidazole rings is 1. The SMILES string of the molecule is Cn1c(-c2ncccc2O)nc2cc(C(F)(F)F)ncc21. The van der Waals surface area contributed by atoms with E-state index in [4.69, 9.17) is 0 Å². The maximum Gasteiger partial charge on any atom is 0.433 e. The number of hydrogen-bond donors (Lipinski definition) is 1. The monoisotopic (exact) mass is 294 g/mol. The van der Waals surface area contributed by atoms with Gasteiger partial charge in [0.25, 0.3) is 0 Å². The average Bonchev–Trinajstić information content (AvgIpc) is 2.75. The summed E-state index contributed by atoms with van der Waals surface area (Å²) in [5.41, 5.74) is -0.252. The predicted octanol–water partition coefficient (Wildman–Crippen LogP) is 2.75. The highest BCUT2D eigenvalue weighted by Gasteiger charge is 2.33. The number of aromatic hydroxyl groups is 1. The predicted molar refractivity (Wildman–Crippen MR) is 68.4 cm³/mol. The highest BCUT2D eigenvalue weighted by molar-refractivity contribution is 5.80. The number of aryl methyl sites for hydroxylation is 1. The summed E-state index contributed by atoms with van der Waals surface area (Å²) in [4.78, 5) is 11.5. The zero-order valence-electron chi connectivity index (χ0n) is 10.8. The van der Waals surface area contributed by atoms with E-state index >= 15 is 0 Å². The van der Waals surface area contributed by atoms with Crippen LogP contribution in [0.5, 0.6) is 5.75 Å². The summed E-state index contributed by atoms with van der Waals surface area (Å²) in [6.45, 7) is 0. The first-order valence-electron chi connectivity index (χ1n) is 5.92. The van der Waals surface area contributed by atoms with Crippen molar-refractivity contribution >= 4 is 11.0 Å². The second kappa shape index (κ2) is 4.44. The molecule has 21 heavy (non-hydrogen) atoms. The van der Waals surface area contributed by atoms with Gasteiger partial charge in [0.2, 0.25) is 0 Å². The van der Waals surface area contributed by atoms with Crippen LogP contribution in [0.3, 0.4) is 0 Å². The van der Waals surface area contributed by atoms with Gasteiger partial charge in [-0.3, -0.25) is 0 Å². The Morgan fingerprint density at radius 3 is 2.67 bits per heavy atom. The van der Waals surface area contributed by atoms with E-state index in [-0.39, 0.29) is 22.8 Å². The standard InChI is InChI=1S/C13H9F3N4O/c1-20-8-6-18-10(13(14,15)16)5-7(8)19-12(20)11-9(21)3-2-4-17-11/h2-6,21H,1H3. The van der Waals surface area contributed by atoms with Gasteiger partial charge in [0.1, 0.15) is 17.1 Å². The summed E-state index contributed by atoms with van der Waals surface area (Å²) < 4.78 is 39.5. The van der Waals surface area contributed by atoms with Crippen LogP contribution in [0.25, 0.3) is 22.6 Å². The largest absolute Gasteiger partial charge is 0.506 e. The Balaban J connectivity index is 2.23. The molecule has 8 heteroatoms. The Morgan fingerprint density at radius 2 is 2.00 bits per heavy atom. The van der Waals surface area contributed by atoms with Crippen molar-refractivity contribution in [2.45, 2.75) is 6.18 Å². The molecule has 0 aliphatic heterocycles. The van der Waals surface area contributed by atoms with Crippen LogP contribution < -0.4 is 0 Å². The molecular weight excluding hydrogens is 285 g/mol. The minimum atomic E-state index is -4.53. The number of hydrogen-bond acceptors (Lipinski definition) is 4. The molecule has 0 saturated heterocycles. The molecule has 5 nitrogen and oxygen atoms in total. The van der Waals surface area contributed by atoms with Crippen LogP contribution in [0.1, 0.15) is 5.69 Å². The van der Waals surface area contributed by atoms with Crippen molar-refractivity contribution in [1.29, 1.82) is 0 Å². The molecule has 0 unspecified atom stereocenters. The second-order valence-corrected chi connectivity index (χ2v) is 4.42. The van der Waals surface area contributed by atoms with Crippen molar-refractivity contribution < 1.29 is 18.3 Å². The Bertz CT molecular complexity index is 826. The van der Waals surface area contributed by atoms with E-state index in [0.29, 0.717) is 5.52 Å². The third kappa shape index (κ3) is 2.18. The quantitative estimate of drug-likeness (QED) is 0.749. The molecule has 0 fully saturated rings. The fourth-order valence-electron chi connectivity index (χ4n) is 2.02. The van der Waals surface area contributed by atoms with Gasteiger partial charge in [-0.2, -0.15) is 13.2 Å². The lowest BCUT2D eigenvalue weighted by Crippen LogP contribution is -2.07. The van der Waals surface area contributed by atoms with Gasteiger partial charge in [-0.1, -0.05) is 0 Å². The number of alkyl halides is 3. The van der Waals surface area contributed by atoms with Crippen molar-refractivity contribution in [3.05, 3.63) is 36.3 Å². The molecule has 0 radical (unpaired) electrons. The number of rotatable bonds is 1. The molecule has 0 saturated carbocycles. The number of fused-ring (bicyclic) bond motifs is 1. The highest BCUT2D eigenvalue weighted by atomic mass is 19.4. The van der Waals surface area contributed by atoms with Gasteiger partial charge in [0, 0.05) is 13.2 Å². The third-order valence-electron chi connectivity index (χ3n) is 3.06. The van der Waals surface area contributed by atoms with E-state index < -0.39 is 11.9 Å². The number of pyridine rings is 2. The molecule has 3 aromatic rings. The fraction of sp³-hybridized carbons (Fsp3) is 0.154. The second-order valence-electron chi connectivity index (χ2n) is 4.42. The van der Waals surface area contributed by atoms with Crippen LogP contribution in [0, 0.1) is 0 Å². The van der Waals surface area contributed by atoms with E-state index in [1.807, 2.05) is 0 Å². The Hall–Kier alpha value is -2.64. The van der Waals surface area contributed by atoms with Crippen molar-refractivity contribution in [2.75, 3.05) is 0 Å². The molecule has 0 aliphatic carbocycles. The van der Waals surface area contributed by atoms with Crippen LogP contribution in [0.2, 0.25) is 0 Å². The van der Waals surface area contributed by atoms with Crippen molar-refractivity contribution in [3.8, 4) is 17.3 Å². The molecule has 108 valence electrons. The molecule has 3 rings (SSSR count). The van der Waals surface area contributed by atoms with Gasteiger partial charge < -0.3 is 9.67 Å². The fourth-order valence-corrected chi connectivity index (χ4v) is 2.02. The van der Waals surface area contributed by atoms with Gasteiger partial charge in [-0.15, -0.1) is 0 Å². The van der Waals surface area contributed by atoms with Crippen LogP contribution >= 0.6 is 0 Å². The molecule has 0 spiro atoms. The van der Waals surface area contributed by atoms with Crippen molar-refractivity contribution in [3.63, 3.8) is 0 Å². The van der Waals surface area contributed by atoms with Crippen LogP contribution in [0.4, 0.5) is 13.2 Å². The van der Waals surface area contributed by atoms with Gasteiger partial charge in [0.05, 0.1) is 17.2 Å². The van der Waals surface area contributed by atoms with E-state index in [1.165, 1.54) is 16.8 Å². The van der Waals surface area contributed by atoms with E-state index in [1.54, 1.807) is 13.1 Å². The lowest BCUT2D eigenvalue weighted by molar-refractivity contribution is -0.141. The van der Waals surface area contributed by atoms with Crippen LogP contribution in [-0.2, 0) is 13.2 Å².